The third-order valence-electron chi connectivity index (χ3n) is 3.26. The molecule has 1 heterocycles. The van der Waals surface area contributed by atoms with E-state index in [9.17, 15) is 13.2 Å². The number of para-hydroxylation sites is 1. The highest BCUT2D eigenvalue weighted by Gasteiger charge is 2.46. The molecule has 0 unspecified atom stereocenters. The molecule has 6 heteroatoms. The Balaban J connectivity index is 2.36. The number of rotatable bonds is 3. The Hall–Kier alpha value is -1.27. The van der Waals surface area contributed by atoms with Gasteiger partial charge in [0.25, 0.3) is 0 Å². The summed E-state index contributed by atoms with van der Waals surface area (Å²) in [5.41, 5.74) is 0.180. The van der Waals surface area contributed by atoms with Crippen LogP contribution in [0.3, 0.4) is 0 Å². The molecule has 106 valence electrons. The lowest BCUT2D eigenvalue weighted by Gasteiger charge is -2.36. The molecule has 0 bridgehead atoms. The van der Waals surface area contributed by atoms with Crippen molar-refractivity contribution in [2.75, 3.05) is 33.3 Å². The van der Waals surface area contributed by atoms with E-state index in [0.29, 0.717) is 26.2 Å². The van der Waals surface area contributed by atoms with E-state index in [4.69, 9.17) is 4.74 Å². The van der Waals surface area contributed by atoms with Crippen molar-refractivity contribution < 1.29 is 17.9 Å². The molecule has 0 aliphatic carbocycles. The summed E-state index contributed by atoms with van der Waals surface area (Å²) >= 11 is 0. The number of hydrogen-bond donors (Lipinski definition) is 1. The number of alkyl halides is 3. The van der Waals surface area contributed by atoms with E-state index in [1.807, 2.05) is 0 Å². The number of benzene rings is 1. The molecule has 2 rings (SSSR count). The van der Waals surface area contributed by atoms with Crippen LogP contribution in [-0.4, -0.2) is 44.4 Å². The highest BCUT2D eigenvalue weighted by Crippen LogP contribution is 2.41. The van der Waals surface area contributed by atoms with Crippen LogP contribution >= 0.6 is 0 Å². The van der Waals surface area contributed by atoms with Gasteiger partial charge in [0.2, 0.25) is 0 Å². The van der Waals surface area contributed by atoms with Gasteiger partial charge in [-0.1, -0.05) is 18.2 Å². The molecular weight excluding hydrogens is 257 g/mol. The van der Waals surface area contributed by atoms with E-state index in [1.54, 1.807) is 18.2 Å². The highest BCUT2D eigenvalue weighted by molar-refractivity contribution is 5.36. The van der Waals surface area contributed by atoms with Crippen molar-refractivity contribution in [3.05, 3.63) is 29.8 Å². The topological polar surface area (TPSA) is 24.5 Å². The largest absolute Gasteiger partial charge is 0.496 e. The zero-order chi connectivity index (χ0) is 13.9. The molecule has 19 heavy (non-hydrogen) atoms. The lowest BCUT2D eigenvalue weighted by Crippen LogP contribution is -2.49. The molecule has 1 atom stereocenters. The van der Waals surface area contributed by atoms with Gasteiger partial charge >= 0.3 is 6.18 Å². The van der Waals surface area contributed by atoms with E-state index in [1.165, 1.54) is 18.1 Å². The Morgan fingerprint density at radius 2 is 1.84 bits per heavy atom. The summed E-state index contributed by atoms with van der Waals surface area (Å²) in [6, 6.07) is 4.73. The monoisotopic (exact) mass is 274 g/mol. The third kappa shape index (κ3) is 3.19. The summed E-state index contributed by atoms with van der Waals surface area (Å²) in [6.07, 6.45) is -4.31. The molecule has 3 nitrogen and oxygen atoms in total. The van der Waals surface area contributed by atoms with Crippen LogP contribution in [0.1, 0.15) is 11.6 Å². The van der Waals surface area contributed by atoms with Gasteiger partial charge in [0.1, 0.15) is 11.8 Å². The second-order valence-electron chi connectivity index (χ2n) is 4.47. The molecule has 0 spiro atoms. The fourth-order valence-electron chi connectivity index (χ4n) is 2.41. The van der Waals surface area contributed by atoms with Crippen LogP contribution in [0.2, 0.25) is 0 Å². The van der Waals surface area contributed by atoms with Crippen LogP contribution in [0.5, 0.6) is 5.75 Å². The average Bonchev–Trinajstić information content (AvgIpc) is 2.39. The van der Waals surface area contributed by atoms with E-state index < -0.39 is 12.2 Å². The van der Waals surface area contributed by atoms with Crippen LogP contribution in [0.25, 0.3) is 0 Å². The first-order valence-corrected chi connectivity index (χ1v) is 6.18. The quantitative estimate of drug-likeness (QED) is 0.914. The second-order valence-corrected chi connectivity index (χ2v) is 4.47. The van der Waals surface area contributed by atoms with E-state index in [-0.39, 0.29) is 11.3 Å². The minimum atomic E-state index is -4.31. The number of methoxy groups -OCH3 is 1. The Kier molecular flexibility index (Phi) is 4.31. The molecule has 1 aliphatic rings. The van der Waals surface area contributed by atoms with Gasteiger partial charge in [-0.05, 0) is 6.07 Å². The van der Waals surface area contributed by atoms with E-state index >= 15 is 0 Å². The van der Waals surface area contributed by atoms with Crippen LogP contribution in [0.15, 0.2) is 24.3 Å². The summed E-state index contributed by atoms with van der Waals surface area (Å²) in [6.45, 7) is 1.90. The van der Waals surface area contributed by atoms with Gasteiger partial charge in [-0.3, -0.25) is 4.90 Å². The van der Waals surface area contributed by atoms with E-state index in [2.05, 4.69) is 5.32 Å². The van der Waals surface area contributed by atoms with Crippen molar-refractivity contribution in [2.45, 2.75) is 12.2 Å². The molecule has 0 aromatic heterocycles. The predicted molar refractivity (Wildman–Crippen MR) is 66.2 cm³/mol. The Morgan fingerprint density at radius 3 is 2.42 bits per heavy atom. The molecule has 0 radical (unpaired) electrons. The van der Waals surface area contributed by atoms with Gasteiger partial charge in [-0.15, -0.1) is 0 Å². The van der Waals surface area contributed by atoms with Crippen LogP contribution in [-0.2, 0) is 0 Å². The third-order valence-corrected chi connectivity index (χ3v) is 3.26. The summed E-state index contributed by atoms with van der Waals surface area (Å²) in [5.74, 6) is 0.281. The first-order chi connectivity index (χ1) is 9.04. The molecule has 1 saturated heterocycles. The highest BCUT2D eigenvalue weighted by atomic mass is 19.4. The first kappa shape index (κ1) is 14.1. The van der Waals surface area contributed by atoms with Crippen molar-refractivity contribution >= 4 is 0 Å². The van der Waals surface area contributed by atoms with Crippen LogP contribution in [0.4, 0.5) is 13.2 Å². The molecule has 1 aromatic carbocycles. The lowest BCUT2D eigenvalue weighted by atomic mass is 10.0. The smallest absolute Gasteiger partial charge is 0.408 e. The molecular formula is C13H17F3N2O. The fourth-order valence-corrected chi connectivity index (χ4v) is 2.41. The fraction of sp³-hybridized carbons (Fsp3) is 0.538. The Morgan fingerprint density at radius 1 is 1.21 bits per heavy atom. The Labute approximate surface area is 110 Å². The van der Waals surface area contributed by atoms with Gasteiger partial charge in [0, 0.05) is 31.7 Å². The summed E-state index contributed by atoms with van der Waals surface area (Å²) in [5, 5.41) is 3.06. The van der Waals surface area contributed by atoms with Crippen molar-refractivity contribution in [1.29, 1.82) is 0 Å². The first-order valence-electron chi connectivity index (χ1n) is 6.18. The summed E-state index contributed by atoms with van der Waals surface area (Å²) < 4.78 is 45.2. The van der Waals surface area contributed by atoms with Gasteiger partial charge in [-0.2, -0.15) is 13.2 Å². The maximum Gasteiger partial charge on any atom is 0.408 e. The number of ether oxygens (including phenoxy) is 1. The number of nitrogens with zero attached hydrogens (tertiary/aromatic N) is 1. The number of nitrogens with one attached hydrogen (secondary N) is 1. The standard InChI is InChI=1S/C13H17F3N2O/c1-19-11-5-3-2-4-10(11)12(13(14,15)16)18-8-6-17-7-9-18/h2-5,12,17H,6-9H2,1H3/t12-/m1/s1. The molecule has 1 aliphatic heterocycles. The Bertz CT molecular complexity index is 417. The minimum absolute atomic E-state index is 0.180. The molecule has 1 aromatic rings. The zero-order valence-corrected chi connectivity index (χ0v) is 10.7. The predicted octanol–water partition coefficient (Wildman–Crippen LogP) is 2.20. The van der Waals surface area contributed by atoms with Gasteiger partial charge in [0.15, 0.2) is 0 Å². The number of piperazine rings is 1. The molecule has 0 amide bonds. The normalized spacial score (nSPS) is 19.2. The van der Waals surface area contributed by atoms with Crippen molar-refractivity contribution in [2.24, 2.45) is 0 Å². The lowest BCUT2D eigenvalue weighted by molar-refractivity contribution is -0.188. The number of hydrogen-bond acceptors (Lipinski definition) is 3. The van der Waals surface area contributed by atoms with Gasteiger partial charge in [-0.25, -0.2) is 0 Å². The minimum Gasteiger partial charge on any atom is -0.496 e. The maximum absolute atomic E-state index is 13.4. The zero-order valence-electron chi connectivity index (χ0n) is 10.7. The van der Waals surface area contributed by atoms with Gasteiger partial charge in [0.05, 0.1) is 7.11 Å². The molecule has 1 N–H and O–H groups in total. The van der Waals surface area contributed by atoms with E-state index in [0.717, 1.165) is 0 Å². The van der Waals surface area contributed by atoms with Crippen molar-refractivity contribution in [3.8, 4) is 5.75 Å². The van der Waals surface area contributed by atoms with Crippen molar-refractivity contribution in [3.63, 3.8) is 0 Å². The molecule has 1 fully saturated rings. The summed E-state index contributed by atoms with van der Waals surface area (Å²) in [4.78, 5) is 1.45. The average molecular weight is 274 g/mol. The van der Waals surface area contributed by atoms with Crippen LogP contribution in [0, 0.1) is 0 Å². The van der Waals surface area contributed by atoms with Crippen LogP contribution < -0.4 is 10.1 Å². The second kappa shape index (κ2) is 5.79. The molecule has 0 saturated carbocycles. The van der Waals surface area contributed by atoms with Crippen molar-refractivity contribution in [1.82, 2.24) is 10.2 Å². The number of halogens is 3. The maximum atomic E-state index is 13.4. The van der Waals surface area contributed by atoms with Gasteiger partial charge < -0.3 is 10.1 Å². The summed E-state index contributed by atoms with van der Waals surface area (Å²) in [7, 11) is 1.39. The SMILES string of the molecule is COc1ccccc1[C@@H](N1CCNCC1)C(F)(F)F.